The van der Waals surface area contributed by atoms with E-state index in [4.69, 9.17) is 5.11 Å². The minimum Gasteiger partial charge on any atom is -0.478 e. The molecular formula is C14H12N2O4. The lowest BCUT2D eigenvalue weighted by atomic mass is 10.1. The molecule has 0 unspecified atom stereocenters. The number of anilines is 1. The van der Waals surface area contributed by atoms with Gasteiger partial charge in [0.2, 0.25) is 0 Å². The van der Waals surface area contributed by atoms with Crippen LogP contribution in [-0.4, -0.2) is 22.0 Å². The van der Waals surface area contributed by atoms with E-state index in [2.05, 4.69) is 10.3 Å². The number of pyridine rings is 1. The van der Waals surface area contributed by atoms with Crippen LogP contribution >= 0.6 is 0 Å². The third-order valence-electron chi connectivity index (χ3n) is 2.80. The van der Waals surface area contributed by atoms with E-state index in [9.17, 15) is 14.4 Å². The Kier molecular flexibility index (Phi) is 3.65. The van der Waals surface area contributed by atoms with Gasteiger partial charge in [-0.2, -0.15) is 0 Å². The number of carboxylic acid groups (broad SMARTS) is 1. The summed E-state index contributed by atoms with van der Waals surface area (Å²) >= 11 is 0. The summed E-state index contributed by atoms with van der Waals surface area (Å²) in [6.07, 6.45) is 1.41. The number of aromatic nitrogens is 1. The Bertz CT molecular complexity index is 734. The number of hydrogen-bond donors (Lipinski definition) is 3. The second-order valence-electron chi connectivity index (χ2n) is 4.17. The van der Waals surface area contributed by atoms with Gasteiger partial charge in [-0.05, 0) is 30.7 Å². The van der Waals surface area contributed by atoms with Gasteiger partial charge in [-0.3, -0.25) is 9.59 Å². The maximum Gasteiger partial charge on any atom is 0.338 e. The van der Waals surface area contributed by atoms with Gasteiger partial charge in [0.15, 0.2) is 0 Å². The highest BCUT2D eigenvalue weighted by atomic mass is 16.4. The van der Waals surface area contributed by atoms with Crippen LogP contribution in [-0.2, 0) is 0 Å². The molecule has 6 heteroatoms. The van der Waals surface area contributed by atoms with E-state index in [-0.39, 0.29) is 16.8 Å². The number of benzene rings is 1. The van der Waals surface area contributed by atoms with Crippen LogP contribution in [0.3, 0.4) is 0 Å². The summed E-state index contributed by atoms with van der Waals surface area (Å²) in [7, 11) is 0. The molecule has 3 N–H and O–H groups in total. The van der Waals surface area contributed by atoms with E-state index < -0.39 is 17.4 Å². The van der Waals surface area contributed by atoms with Crippen LogP contribution in [0.5, 0.6) is 0 Å². The van der Waals surface area contributed by atoms with E-state index in [1.54, 1.807) is 19.1 Å². The van der Waals surface area contributed by atoms with Crippen molar-refractivity contribution in [2.45, 2.75) is 6.92 Å². The van der Waals surface area contributed by atoms with Gasteiger partial charge in [-0.15, -0.1) is 0 Å². The topological polar surface area (TPSA) is 99.3 Å². The highest BCUT2D eigenvalue weighted by Gasteiger charge is 2.16. The number of rotatable bonds is 3. The lowest BCUT2D eigenvalue weighted by Gasteiger charge is -2.10. The van der Waals surface area contributed by atoms with Crippen molar-refractivity contribution in [3.05, 3.63) is 63.6 Å². The van der Waals surface area contributed by atoms with Crippen molar-refractivity contribution in [1.29, 1.82) is 0 Å². The van der Waals surface area contributed by atoms with Gasteiger partial charge >= 0.3 is 5.97 Å². The minimum absolute atomic E-state index is 0.00760. The molecule has 1 aromatic carbocycles. The predicted octanol–water partition coefficient (Wildman–Crippen LogP) is 1.63. The zero-order valence-corrected chi connectivity index (χ0v) is 10.6. The first kappa shape index (κ1) is 13.5. The largest absolute Gasteiger partial charge is 0.478 e. The molecule has 2 aromatic rings. The molecule has 0 radical (unpaired) electrons. The molecule has 102 valence electrons. The second kappa shape index (κ2) is 5.40. The zero-order chi connectivity index (χ0) is 14.7. The Balaban J connectivity index is 2.39. The van der Waals surface area contributed by atoms with E-state index >= 15 is 0 Å². The number of aryl methyl sites for hydroxylation is 1. The average molecular weight is 272 g/mol. The average Bonchev–Trinajstić information content (AvgIpc) is 2.38. The van der Waals surface area contributed by atoms with Crippen molar-refractivity contribution >= 4 is 17.6 Å². The lowest BCUT2D eigenvalue weighted by molar-refractivity contribution is 0.0697. The quantitative estimate of drug-likeness (QED) is 0.790. The molecule has 2 rings (SSSR count). The number of aromatic carboxylic acids is 1. The van der Waals surface area contributed by atoms with Gasteiger partial charge in [-0.25, -0.2) is 4.79 Å². The predicted molar refractivity (Wildman–Crippen MR) is 73.2 cm³/mol. The number of hydrogen-bond acceptors (Lipinski definition) is 3. The summed E-state index contributed by atoms with van der Waals surface area (Å²) < 4.78 is 0. The first-order valence-electron chi connectivity index (χ1n) is 5.82. The molecule has 0 fully saturated rings. The molecule has 0 aliphatic rings. The second-order valence-corrected chi connectivity index (χ2v) is 4.17. The van der Waals surface area contributed by atoms with Crippen molar-refractivity contribution in [1.82, 2.24) is 4.98 Å². The molecule has 6 nitrogen and oxygen atoms in total. The first-order valence-corrected chi connectivity index (χ1v) is 5.82. The summed E-state index contributed by atoms with van der Waals surface area (Å²) in [5.41, 5.74) is 0.0797. The molecule has 1 aromatic heterocycles. The highest BCUT2D eigenvalue weighted by Crippen LogP contribution is 2.19. The molecule has 1 heterocycles. The van der Waals surface area contributed by atoms with Gasteiger partial charge in [-0.1, -0.05) is 12.1 Å². The van der Waals surface area contributed by atoms with Crippen molar-refractivity contribution < 1.29 is 14.7 Å². The Morgan fingerprint density at radius 3 is 2.60 bits per heavy atom. The number of aromatic amines is 1. The van der Waals surface area contributed by atoms with Gasteiger partial charge in [0.25, 0.3) is 11.5 Å². The van der Waals surface area contributed by atoms with Crippen LogP contribution in [0.2, 0.25) is 0 Å². The van der Waals surface area contributed by atoms with Gasteiger partial charge in [0, 0.05) is 6.20 Å². The summed E-state index contributed by atoms with van der Waals surface area (Å²) in [6, 6.07) is 7.63. The normalized spacial score (nSPS) is 10.1. The summed E-state index contributed by atoms with van der Waals surface area (Å²) in [5, 5.41) is 11.6. The number of amides is 1. The van der Waals surface area contributed by atoms with Crippen LogP contribution in [0.4, 0.5) is 5.69 Å². The Labute approximate surface area is 114 Å². The number of carbonyl (C=O) groups excluding carboxylic acids is 1. The number of H-pyrrole nitrogens is 1. The molecular weight excluding hydrogens is 260 g/mol. The third-order valence-corrected chi connectivity index (χ3v) is 2.80. The highest BCUT2D eigenvalue weighted by molar-refractivity contribution is 6.07. The zero-order valence-electron chi connectivity index (χ0n) is 10.6. The molecule has 1 amide bonds. The first-order chi connectivity index (χ1) is 9.50. The maximum absolute atomic E-state index is 12.0. The molecule has 0 bridgehead atoms. The van der Waals surface area contributed by atoms with Gasteiger partial charge in [0.05, 0.1) is 11.3 Å². The van der Waals surface area contributed by atoms with E-state index in [0.717, 1.165) is 0 Å². The SMILES string of the molecule is Cc1cccc(NC(=O)c2ccc[nH]c2=O)c1C(=O)O. The van der Waals surface area contributed by atoms with Crippen LogP contribution in [0.25, 0.3) is 0 Å². The third kappa shape index (κ3) is 2.59. The fourth-order valence-corrected chi connectivity index (χ4v) is 1.85. The molecule has 0 aliphatic carbocycles. The van der Waals surface area contributed by atoms with Crippen molar-refractivity contribution in [2.75, 3.05) is 5.32 Å². The number of carboxylic acids is 1. The molecule has 20 heavy (non-hydrogen) atoms. The fraction of sp³-hybridized carbons (Fsp3) is 0.0714. The number of nitrogens with one attached hydrogen (secondary N) is 2. The fourth-order valence-electron chi connectivity index (χ4n) is 1.85. The minimum atomic E-state index is -1.14. The Morgan fingerprint density at radius 1 is 1.20 bits per heavy atom. The van der Waals surface area contributed by atoms with E-state index in [1.807, 2.05) is 0 Å². The standard InChI is InChI=1S/C14H12N2O4/c1-8-4-2-6-10(11(8)14(19)20)16-13(18)9-5-3-7-15-12(9)17/h2-7H,1H3,(H,15,17)(H,16,18)(H,19,20). The monoisotopic (exact) mass is 272 g/mol. The van der Waals surface area contributed by atoms with Crippen molar-refractivity contribution in [2.24, 2.45) is 0 Å². The van der Waals surface area contributed by atoms with E-state index in [0.29, 0.717) is 5.56 Å². The van der Waals surface area contributed by atoms with Crippen LogP contribution in [0.15, 0.2) is 41.3 Å². The van der Waals surface area contributed by atoms with Crippen LogP contribution < -0.4 is 10.9 Å². The summed E-state index contributed by atoms with van der Waals surface area (Å²) in [5.74, 6) is -1.79. The maximum atomic E-state index is 12.0. The summed E-state index contributed by atoms with van der Waals surface area (Å²) in [4.78, 5) is 37.1. The Morgan fingerprint density at radius 2 is 1.95 bits per heavy atom. The smallest absolute Gasteiger partial charge is 0.338 e. The van der Waals surface area contributed by atoms with E-state index in [1.165, 1.54) is 24.4 Å². The van der Waals surface area contributed by atoms with Crippen molar-refractivity contribution in [3.8, 4) is 0 Å². The van der Waals surface area contributed by atoms with Gasteiger partial charge < -0.3 is 15.4 Å². The number of carbonyl (C=O) groups is 2. The van der Waals surface area contributed by atoms with Crippen LogP contribution in [0.1, 0.15) is 26.3 Å². The lowest BCUT2D eigenvalue weighted by Crippen LogP contribution is -2.23. The molecule has 0 saturated heterocycles. The molecule has 0 spiro atoms. The molecule has 0 atom stereocenters. The van der Waals surface area contributed by atoms with Gasteiger partial charge in [0.1, 0.15) is 5.56 Å². The molecule has 0 saturated carbocycles. The van der Waals surface area contributed by atoms with Crippen LogP contribution in [0, 0.1) is 6.92 Å². The molecule has 0 aliphatic heterocycles. The van der Waals surface area contributed by atoms with Crippen molar-refractivity contribution in [3.63, 3.8) is 0 Å². The summed E-state index contributed by atoms with van der Waals surface area (Å²) in [6.45, 7) is 1.63. The Hall–Kier alpha value is -2.89.